The van der Waals surface area contributed by atoms with E-state index in [2.05, 4.69) is 37.7 Å². The Morgan fingerprint density at radius 2 is 1.98 bits per heavy atom. The highest BCUT2D eigenvalue weighted by atomic mass is 35.5. The van der Waals surface area contributed by atoms with Crippen molar-refractivity contribution < 1.29 is 14.3 Å². The Labute approximate surface area is 262 Å². The molecule has 0 aliphatic carbocycles. The molecular formula is C32H39ClN8O3. The van der Waals surface area contributed by atoms with Crippen molar-refractivity contribution >= 4 is 35.2 Å². The number of nitrogens with one attached hydrogen (secondary N) is 3. The van der Waals surface area contributed by atoms with Gasteiger partial charge in [-0.05, 0) is 57.4 Å². The molecule has 6 rings (SSSR count). The summed E-state index contributed by atoms with van der Waals surface area (Å²) >= 11 is 6.51. The van der Waals surface area contributed by atoms with Crippen LogP contribution in [0.5, 0.6) is 0 Å². The van der Waals surface area contributed by atoms with Gasteiger partial charge in [-0.3, -0.25) is 9.59 Å². The zero-order valence-corrected chi connectivity index (χ0v) is 26.1. The summed E-state index contributed by atoms with van der Waals surface area (Å²) in [4.78, 5) is 44.7. The first-order valence-corrected chi connectivity index (χ1v) is 15.7. The highest BCUT2D eigenvalue weighted by Gasteiger charge is 2.35. The summed E-state index contributed by atoms with van der Waals surface area (Å²) < 4.78 is 5.44. The Morgan fingerprint density at radius 3 is 2.77 bits per heavy atom. The van der Waals surface area contributed by atoms with Crippen LogP contribution in [0.25, 0.3) is 11.3 Å². The molecule has 11 nitrogen and oxygen atoms in total. The Balaban J connectivity index is 1.12. The Hall–Kier alpha value is -3.80. The molecular weight excluding hydrogens is 580 g/mol. The second-order valence-corrected chi connectivity index (χ2v) is 12.3. The molecule has 1 aromatic carbocycles. The maximum atomic E-state index is 13.6. The second kappa shape index (κ2) is 13.1. The standard InChI is InChI=1S/C32H39ClN8O3/c1-19-17-40(12-11-34-19)28-6-4-5-27(38-28)20(2)36-30(42)21(3)41-18-23-8-7-22(15-25(23)31(41)43)29-26(33)16-35-32(39-29)37-24-9-13-44-14-10-24/h4-8,15-16,19-21,24,34H,9-14,17-18H2,1-3H3,(H,36,42)(H,35,37,39)/t19-,20?,21-/m1/s1. The fourth-order valence-electron chi connectivity index (χ4n) is 5.99. The van der Waals surface area contributed by atoms with Crippen LogP contribution in [-0.2, 0) is 16.1 Å². The smallest absolute Gasteiger partial charge is 0.255 e. The SMILES string of the molecule is CC(NC(=O)[C@@H](C)N1Cc2ccc(-c3nc(NC4CCOCC4)ncc3Cl)cc2C1=O)c1cccc(N2CCN[C@H](C)C2)n1. The van der Waals surface area contributed by atoms with E-state index in [1.165, 1.54) is 0 Å². The van der Waals surface area contributed by atoms with Crippen LogP contribution in [0, 0.1) is 0 Å². The van der Waals surface area contributed by atoms with Gasteiger partial charge in [-0.15, -0.1) is 0 Å². The minimum atomic E-state index is -0.670. The number of ether oxygens (including phenoxy) is 1. The summed E-state index contributed by atoms with van der Waals surface area (Å²) in [6.45, 7) is 10.3. The number of benzene rings is 1. The number of amides is 2. The van der Waals surface area contributed by atoms with Crippen molar-refractivity contribution in [3.05, 3.63) is 64.4 Å². The number of anilines is 2. The van der Waals surface area contributed by atoms with Gasteiger partial charge in [0.2, 0.25) is 11.9 Å². The molecule has 0 spiro atoms. The maximum absolute atomic E-state index is 13.6. The van der Waals surface area contributed by atoms with Gasteiger partial charge >= 0.3 is 0 Å². The summed E-state index contributed by atoms with van der Waals surface area (Å²) in [6, 6.07) is 11.2. The topological polar surface area (TPSA) is 125 Å². The average molecular weight is 619 g/mol. The van der Waals surface area contributed by atoms with Crippen LogP contribution in [0.15, 0.2) is 42.6 Å². The number of hydrogen-bond donors (Lipinski definition) is 3. The largest absolute Gasteiger partial charge is 0.381 e. The normalized spacial score (nSPS) is 20.3. The second-order valence-electron chi connectivity index (χ2n) is 11.9. The minimum absolute atomic E-state index is 0.198. The third-order valence-electron chi connectivity index (χ3n) is 8.61. The van der Waals surface area contributed by atoms with Crippen molar-refractivity contribution in [3.8, 4) is 11.3 Å². The van der Waals surface area contributed by atoms with Crippen LogP contribution in [0.1, 0.15) is 61.3 Å². The first-order chi connectivity index (χ1) is 21.3. The van der Waals surface area contributed by atoms with Gasteiger partial charge in [0, 0.05) is 62.6 Å². The lowest BCUT2D eigenvalue weighted by Gasteiger charge is -2.33. The highest BCUT2D eigenvalue weighted by Crippen LogP contribution is 2.32. The summed E-state index contributed by atoms with van der Waals surface area (Å²) in [5.74, 6) is 0.966. The molecule has 2 fully saturated rings. The molecule has 2 aromatic heterocycles. The highest BCUT2D eigenvalue weighted by molar-refractivity contribution is 6.33. The van der Waals surface area contributed by atoms with Gasteiger partial charge in [0.15, 0.2) is 0 Å². The molecule has 0 saturated carbocycles. The van der Waals surface area contributed by atoms with Crippen LogP contribution in [0.3, 0.4) is 0 Å². The fourth-order valence-corrected chi connectivity index (χ4v) is 6.19. The lowest BCUT2D eigenvalue weighted by Crippen LogP contribution is -2.49. The van der Waals surface area contributed by atoms with E-state index in [0.717, 1.165) is 55.1 Å². The zero-order valence-electron chi connectivity index (χ0n) is 25.3. The van der Waals surface area contributed by atoms with Crippen molar-refractivity contribution in [1.29, 1.82) is 0 Å². The van der Waals surface area contributed by atoms with Crippen molar-refractivity contribution in [2.75, 3.05) is 43.1 Å². The number of halogens is 1. The van der Waals surface area contributed by atoms with Gasteiger partial charge in [0.05, 0.1) is 28.6 Å². The van der Waals surface area contributed by atoms with Crippen LogP contribution >= 0.6 is 11.6 Å². The number of fused-ring (bicyclic) bond motifs is 1. The molecule has 2 saturated heterocycles. The monoisotopic (exact) mass is 618 g/mol. The molecule has 3 N–H and O–H groups in total. The van der Waals surface area contributed by atoms with E-state index in [-0.39, 0.29) is 23.9 Å². The van der Waals surface area contributed by atoms with E-state index >= 15 is 0 Å². The van der Waals surface area contributed by atoms with Gasteiger partial charge in [-0.1, -0.05) is 29.8 Å². The molecule has 0 radical (unpaired) electrons. The van der Waals surface area contributed by atoms with Gasteiger partial charge < -0.3 is 30.5 Å². The van der Waals surface area contributed by atoms with Crippen LogP contribution in [-0.4, -0.2) is 82.6 Å². The van der Waals surface area contributed by atoms with Crippen molar-refractivity contribution in [2.24, 2.45) is 0 Å². The van der Waals surface area contributed by atoms with E-state index in [4.69, 9.17) is 21.3 Å². The molecule has 2 amide bonds. The van der Waals surface area contributed by atoms with E-state index < -0.39 is 6.04 Å². The molecule has 44 heavy (non-hydrogen) atoms. The number of hydrogen-bond acceptors (Lipinski definition) is 9. The molecule has 3 aliphatic heterocycles. The van der Waals surface area contributed by atoms with Gasteiger partial charge in [-0.2, -0.15) is 0 Å². The molecule has 1 unspecified atom stereocenters. The molecule has 0 bridgehead atoms. The van der Waals surface area contributed by atoms with E-state index in [9.17, 15) is 9.59 Å². The molecule has 232 valence electrons. The number of rotatable bonds is 8. The molecule has 12 heteroatoms. The molecule has 5 heterocycles. The fraction of sp³-hybridized carbons (Fsp3) is 0.469. The van der Waals surface area contributed by atoms with Crippen LogP contribution in [0.4, 0.5) is 11.8 Å². The predicted molar refractivity (Wildman–Crippen MR) is 170 cm³/mol. The third kappa shape index (κ3) is 6.50. The predicted octanol–water partition coefficient (Wildman–Crippen LogP) is 3.80. The number of carbonyl (C=O) groups excluding carboxylic acids is 2. The number of nitrogens with zero attached hydrogens (tertiary/aromatic N) is 5. The van der Waals surface area contributed by atoms with Gasteiger partial charge in [0.1, 0.15) is 11.9 Å². The van der Waals surface area contributed by atoms with E-state index in [1.807, 2.05) is 43.3 Å². The maximum Gasteiger partial charge on any atom is 0.255 e. The lowest BCUT2D eigenvalue weighted by atomic mass is 10.0. The first-order valence-electron chi connectivity index (χ1n) is 15.3. The van der Waals surface area contributed by atoms with Crippen molar-refractivity contribution in [2.45, 2.75) is 64.3 Å². The van der Waals surface area contributed by atoms with Crippen molar-refractivity contribution in [3.63, 3.8) is 0 Å². The quantitative estimate of drug-likeness (QED) is 0.346. The van der Waals surface area contributed by atoms with Crippen LogP contribution < -0.4 is 20.9 Å². The first kappa shape index (κ1) is 30.2. The van der Waals surface area contributed by atoms with Gasteiger partial charge in [0.25, 0.3) is 5.91 Å². The zero-order chi connectivity index (χ0) is 30.8. The number of carbonyl (C=O) groups is 2. The summed E-state index contributed by atoms with van der Waals surface area (Å²) in [6.07, 6.45) is 3.34. The molecule has 3 atom stereocenters. The average Bonchev–Trinajstić information content (AvgIpc) is 3.37. The summed E-state index contributed by atoms with van der Waals surface area (Å²) in [7, 11) is 0. The summed E-state index contributed by atoms with van der Waals surface area (Å²) in [5.41, 5.74) is 3.45. The van der Waals surface area contributed by atoms with Gasteiger partial charge in [-0.25, -0.2) is 15.0 Å². The molecule has 3 aliphatic rings. The van der Waals surface area contributed by atoms with Crippen molar-refractivity contribution in [1.82, 2.24) is 30.5 Å². The Bertz CT molecular complexity index is 1530. The Kier molecular flexibility index (Phi) is 8.97. The minimum Gasteiger partial charge on any atom is -0.381 e. The Morgan fingerprint density at radius 1 is 1.16 bits per heavy atom. The number of piperazine rings is 1. The van der Waals surface area contributed by atoms with E-state index in [0.29, 0.717) is 48.0 Å². The number of aromatic nitrogens is 3. The summed E-state index contributed by atoms with van der Waals surface area (Å²) in [5, 5.41) is 10.3. The third-order valence-corrected chi connectivity index (χ3v) is 8.89. The molecule has 3 aromatic rings. The number of pyridine rings is 1. The lowest BCUT2D eigenvalue weighted by molar-refractivity contribution is -0.125. The van der Waals surface area contributed by atoms with E-state index in [1.54, 1.807) is 18.0 Å². The van der Waals surface area contributed by atoms with Crippen LogP contribution in [0.2, 0.25) is 5.02 Å².